The van der Waals surface area contributed by atoms with Crippen molar-refractivity contribution in [2.75, 3.05) is 0 Å². The highest BCUT2D eigenvalue weighted by atomic mass is 27.1. The zero-order valence-electron chi connectivity index (χ0n) is 7.85. The maximum atomic E-state index is 2.33. The van der Waals surface area contributed by atoms with Gasteiger partial charge in [-0.2, -0.15) is 0 Å². The third-order valence-corrected chi connectivity index (χ3v) is 4.69. The summed E-state index contributed by atoms with van der Waals surface area (Å²) in [6, 6.07) is 0. The van der Waals surface area contributed by atoms with Crippen molar-refractivity contribution in [2.24, 2.45) is 11.8 Å². The highest BCUT2D eigenvalue weighted by Gasteiger charge is 1.99. The fourth-order valence-electron chi connectivity index (χ4n) is 0.934. The first-order valence-electron chi connectivity index (χ1n) is 4.13. The lowest BCUT2D eigenvalue weighted by molar-refractivity contribution is 0.700. The number of hydrogen-bond donors (Lipinski definition) is 0. The highest BCUT2D eigenvalue weighted by molar-refractivity contribution is 6.35. The van der Waals surface area contributed by atoms with Gasteiger partial charge in [-0.3, -0.25) is 0 Å². The van der Waals surface area contributed by atoms with Crippen LogP contribution >= 0.6 is 0 Å². The SMILES string of the molecule is CC(C)[CH2][AlH][CH2]C(C)C.[B].[HH]. The molecule has 0 aromatic heterocycles. The van der Waals surface area contributed by atoms with Gasteiger partial charge in [0.05, 0.1) is 0 Å². The zero-order valence-corrected chi connectivity index (χ0v) is 9.27. The molecule has 0 bridgehead atoms. The van der Waals surface area contributed by atoms with E-state index in [1.165, 1.54) is 10.6 Å². The standard InChI is InChI=1S/2C4H9.Al.B.H2.H/c2*1-4(2)3;;;;/h2*4H,1H2,2-3H3;;;1H;. The van der Waals surface area contributed by atoms with E-state index in [-0.39, 0.29) is 9.84 Å². The van der Waals surface area contributed by atoms with Gasteiger partial charge in [0, 0.05) is 9.84 Å². The van der Waals surface area contributed by atoms with E-state index in [1.54, 1.807) is 0 Å². The van der Waals surface area contributed by atoms with Crippen LogP contribution in [0.15, 0.2) is 0 Å². The lowest BCUT2D eigenvalue weighted by Crippen LogP contribution is -1.99. The fourth-order valence-corrected chi connectivity index (χ4v) is 2.80. The average Bonchev–Trinajstić information content (AvgIpc) is 1.63. The van der Waals surface area contributed by atoms with Gasteiger partial charge in [0.25, 0.3) is 0 Å². The molecule has 0 spiro atoms. The van der Waals surface area contributed by atoms with Crippen LogP contribution in [-0.2, 0) is 0 Å². The van der Waals surface area contributed by atoms with Gasteiger partial charge in [0.2, 0.25) is 15.2 Å². The molecular weight excluding hydrogens is 134 g/mol. The minimum absolute atomic E-state index is 0. The molecule has 0 saturated carbocycles. The van der Waals surface area contributed by atoms with Crippen molar-refractivity contribution in [3.63, 3.8) is 0 Å². The van der Waals surface area contributed by atoms with Crippen LogP contribution in [0, 0.1) is 11.8 Å². The number of rotatable bonds is 4. The molecule has 0 aromatic rings. The van der Waals surface area contributed by atoms with Gasteiger partial charge in [-0.1, -0.05) is 50.1 Å². The molecule has 59 valence electrons. The van der Waals surface area contributed by atoms with E-state index >= 15 is 0 Å². The Bertz CT molecular complexity index is 59.1. The molecule has 0 rings (SSSR count). The molecule has 0 aliphatic rings. The van der Waals surface area contributed by atoms with E-state index < -0.39 is 0 Å². The van der Waals surface area contributed by atoms with Gasteiger partial charge in [-0.05, 0) is 0 Å². The van der Waals surface area contributed by atoms with Crippen LogP contribution in [0.2, 0.25) is 10.6 Å². The van der Waals surface area contributed by atoms with Crippen molar-refractivity contribution in [1.82, 2.24) is 0 Å². The molecule has 3 radical (unpaired) electrons. The largest absolute Gasteiger partial charge is 0.237 e. The van der Waals surface area contributed by atoms with Crippen molar-refractivity contribution < 1.29 is 1.43 Å². The van der Waals surface area contributed by atoms with Crippen LogP contribution in [0.4, 0.5) is 0 Å². The number of hydrogen-bond acceptors (Lipinski definition) is 0. The Morgan fingerprint density at radius 1 is 1.00 bits per heavy atom. The van der Waals surface area contributed by atoms with Crippen LogP contribution in [-0.4, -0.2) is 23.6 Å². The molecule has 0 amide bonds. The summed E-state index contributed by atoms with van der Waals surface area (Å²) in [5.41, 5.74) is 0. The molecule has 2 heteroatoms. The summed E-state index contributed by atoms with van der Waals surface area (Å²) in [6.45, 7) is 9.31. The van der Waals surface area contributed by atoms with E-state index in [9.17, 15) is 0 Å². The summed E-state index contributed by atoms with van der Waals surface area (Å²) in [5.74, 6) is 1.91. The van der Waals surface area contributed by atoms with E-state index in [0.717, 1.165) is 11.8 Å². The highest BCUT2D eigenvalue weighted by Crippen LogP contribution is 2.05. The molecule has 0 N–H and O–H groups in total. The Morgan fingerprint density at radius 2 is 1.30 bits per heavy atom. The third-order valence-electron chi connectivity index (χ3n) is 1.56. The Kier molecular flexibility index (Phi) is 10.2. The Hall–Kier alpha value is 0.597. The molecule has 0 fully saturated rings. The molecule has 0 aromatic carbocycles. The topological polar surface area (TPSA) is 0 Å². The van der Waals surface area contributed by atoms with E-state index in [2.05, 4.69) is 27.7 Å². The lowest BCUT2D eigenvalue weighted by Gasteiger charge is -2.03. The van der Waals surface area contributed by atoms with Gasteiger partial charge in [-0.25, -0.2) is 0 Å². The first-order valence-corrected chi connectivity index (χ1v) is 6.13. The van der Waals surface area contributed by atoms with Crippen molar-refractivity contribution in [3.05, 3.63) is 0 Å². The summed E-state index contributed by atoms with van der Waals surface area (Å²) in [6.07, 6.45) is 0. The normalized spacial score (nSPS) is 9.80. The zero-order chi connectivity index (χ0) is 7.28. The quantitative estimate of drug-likeness (QED) is 0.547. The molecule has 0 heterocycles. The second-order valence-electron chi connectivity index (χ2n) is 3.72. The summed E-state index contributed by atoms with van der Waals surface area (Å²) < 4.78 is 0. The van der Waals surface area contributed by atoms with Crippen LogP contribution in [0.5, 0.6) is 0 Å². The fraction of sp³-hybridized carbons (Fsp3) is 1.00. The van der Waals surface area contributed by atoms with Gasteiger partial charge in [0.15, 0.2) is 0 Å². The maximum Gasteiger partial charge on any atom is 0.237 e. The maximum absolute atomic E-state index is 2.33. The van der Waals surface area contributed by atoms with Crippen molar-refractivity contribution in [1.29, 1.82) is 0 Å². The minimum atomic E-state index is 0. The second kappa shape index (κ2) is 7.70. The summed E-state index contributed by atoms with van der Waals surface area (Å²) in [4.78, 5) is 0. The van der Waals surface area contributed by atoms with E-state index in [4.69, 9.17) is 0 Å². The molecular formula is C8H21AlB. The molecule has 0 nitrogen and oxygen atoms in total. The monoisotopic (exact) mass is 155 g/mol. The Morgan fingerprint density at radius 3 is 1.50 bits per heavy atom. The van der Waals surface area contributed by atoms with Gasteiger partial charge in [0.1, 0.15) is 0 Å². The van der Waals surface area contributed by atoms with Crippen molar-refractivity contribution >= 4 is 23.6 Å². The van der Waals surface area contributed by atoms with Crippen LogP contribution in [0.25, 0.3) is 0 Å². The Labute approximate surface area is 75.6 Å². The van der Waals surface area contributed by atoms with Gasteiger partial charge < -0.3 is 0 Å². The molecule has 10 heavy (non-hydrogen) atoms. The van der Waals surface area contributed by atoms with E-state index in [1.807, 2.05) is 0 Å². The Balaban J connectivity index is -0.000000320. The molecule has 0 saturated heterocycles. The summed E-state index contributed by atoms with van der Waals surface area (Å²) in [5, 5.41) is 3.08. The predicted octanol–water partition coefficient (Wildman–Crippen LogP) is 2.44. The minimum Gasteiger partial charge on any atom is -0.0950 e. The first kappa shape index (κ1) is 13.2. The first-order chi connectivity index (χ1) is 4.13. The van der Waals surface area contributed by atoms with Crippen LogP contribution in [0.3, 0.4) is 0 Å². The summed E-state index contributed by atoms with van der Waals surface area (Å²) >= 11 is 0.316. The second-order valence-corrected chi connectivity index (χ2v) is 5.58. The van der Waals surface area contributed by atoms with Crippen molar-refractivity contribution in [2.45, 2.75) is 38.3 Å². The van der Waals surface area contributed by atoms with Gasteiger partial charge in [-0.15, -0.1) is 0 Å². The van der Waals surface area contributed by atoms with Crippen LogP contribution in [0.1, 0.15) is 29.1 Å². The smallest absolute Gasteiger partial charge is 0.0950 e. The predicted molar refractivity (Wildman–Crippen MR) is 54.3 cm³/mol. The van der Waals surface area contributed by atoms with E-state index in [0.29, 0.717) is 15.2 Å². The van der Waals surface area contributed by atoms with Gasteiger partial charge >= 0.3 is 0 Å². The summed E-state index contributed by atoms with van der Waals surface area (Å²) in [7, 11) is 0. The average molecular weight is 155 g/mol. The molecule has 0 aliphatic carbocycles. The van der Waals surface area contributed by atoms with Crippen LogP contribution < -0.4 is 0 Å². The third kappa shape index (κ3) is 11.4. The molecule has 0 atom stereocenters. The molecule has 0 unspecified atom stereocenters. The lowest BCUT2D eigenvalue weighted by atomic mass is 10.3. The molecule has 0 aliphatic heterocycles. The van der Waals surface area contributed by atoms with Crippen molar-refractivity contribution in [3.8, 4) is 0 Å².